The second-order valence-electron chi connectivity index (χ2n) is 4.12. The molecule has 1 atom stereocenters. The summed E-state index contributed by atoms with van der Waals surface area (Å²) < 4.78 is 0. The van der Waals surface area contributed by atoms with Crippen LogP contribution in [0.4, 0.5) is 0 Å². The maximum atomic E-state index is 4.50. The van der Waals surface area contributed by atoms with Crippen molar-refractivity contribution in [2.75, 3.05) is 6.54 Å². The van der Waals surface area contributed by atoms with Crippen molar-refractivity contribution in [3.63, 3.8) is 0 Å². The highest BCUT2D eigenvalue weighted by atomic mass is 32.2. The van der Waals surface area contributed by atoms with Gasteiger partial charge in [-0.1, -0.05) is 43.0 Å². The van der Waals surface area contributed by atoms with E-state index in [-0.39, 0.29) is 0 Å². The molecule has 0 bridgehead atoms. The zero-order valence-electron chi connectivity index (χ0n) is 10.8. The molecule has 1 aromatic carbocycles. The van der Waals surface area contributed by atoms with Crippen LogP contribution in [0.3, 0.4) is 0 Å². The third kappa shape index (κ3) is 3.59. The van der Waals surface area contributed by atoms with Gasteiger partial charge in [0.15, 0.2) is 0 Å². The van der Waals surface area contributed by atoms with Gasteiger partial charge < -0.3 is 5.32 Å². The SMILES string of the molecule is CCNC(C)c1ccc(Sc2ccccc2)nc1. The summed E-state index contributed by atoms with van der Waals surface area (Å²) in [6, 6.07) is 14.9. The Bertz CT molecular complexity index is 468. The molecule has 0 spiro atoms. The molecule has 0 saturated heterocycles. The lowest BCUT2D eigenvalue weighted by molar-refractivity contribution is 0.595. The maximum Gasteiger partial charge on any atom is 0.101 e. The second-order valence-corrected chi connectivity index (χ2v) is 5.22. The summed E-state index contributed by atoms with van der Waals surface area (Å²) in [4.78, 5) is 5.72. The summed E-state index contributed by atoms with van der Waals surface area (Å²) in [5.41, 5.74) is 1.23. The number of hydrogen-bond donors (Lipinski definition) is 1. The van der Waals surface area contributed by atoms with Crippen molar-refractivity contribution in [3.05, 3.63) is 54.2 Å². The molecule has 0 aliphatic heterocycles. The van der Waals surface area contributed by atoms with Gasteiger partial charge in [-0.05, 0) is 37.2 Å². The van der Waals surface area contributed by atoms with Crippen molar-refractivity contribution in [2.45, 2.75) is 29.8 Å². The molecule has 2 nitrogen and oxygen atoms in total. The minimum absolute atomic E-state index is 0.360. The first-order valence-electron chi connectivity index (χ1n) is 6.22. The van der Waals surface area contributed by atoms with Crippen LogP contribution in [0.25, 0.3) is 0 Å². The minimum atomic E-state index is 0.360. The molecule has 1 heterocycles. The summed E-state index contributed by atoms with van der Waals surface area (Å²) >= 11 is 1.69. The number of pyridine rings is 1. The molecule has 0 aliphatic rings. The van der Waals surface area contributed by atoms with Gasteiger partial charge in [-0.2, -0.15) is 0 Å². The topological polar surface area (TPSA) is 24.9 Å². The van der Waals surface area contributed by atoms with Crippen LogP contribution in [0, 0.1) is 0 Å². The Kier molecular flexibility index (Phi) is 4.79. The molecule has 2 rings (SSSR count). The zero-order valence-corrected chi connectivity index (χ0v) is 11.6. The number of nitrogens with one attached hydrogen (secondary N) is 1. The zero-order chi connectivity index (χ0) is 12.8. The second kappa shape index (κ2) is 6.57. The highest BCUT2D eigenvalue weighted by molar-refractivity contribution is 7.99. The monoisotopic (exact) mass is 258 g/mol. The average molecular weight is 258 g/mol. The predicted molar refractivity (Wildman–Crippen MR) is 76.9 cm³/mol. The Labute approximate surface area is 113 Å². The minimum Gasteiger partial charge on any atom is -0.310 e. The first-order chi connectivity index (χ1) is 8.79. The van der Waals surface area contributed by atoms with E-state index in [0.29, 0.717) is 6.04 Å². The van der Waals surface area contributed by atoms with Gasteiger partial charge in [0.05, 0.1) is 0 Å². The van der Waals surface area contributed by atoms with Gasteiger partial charge in [-0.15, -0.1) is 0 Å². The number of rotatable bonds is 5. The Morgan fingerprint density at radius 1 is 1.17 bits per heavy atom. The Morgan fingerprint density at radius 2 is 1.94 bits per heavy atom. The summed E-state index contributed by atoms with van der Waals surface area (Å²) in [7, 11) is 0. The van der Waals surface area contributed by atoms with Crippen LogP contribution in [0.5, 0.6) is 0 Å². The fourth-order valence-electron chi connectivity index (χ4n) is 1.74. The number of hydrogen-bond acceptors (Lipinski definition) is 3. The van der Waals surface area contributed by atoms with E-state index in [1.54, 1.807) is 11.8 Å². The van der Waals surface area contributed by atoms with Crippen molar-refractivity contribution in [2.24, 2.45) is 0 Å². The average Bonchev–Trinajstić information content (AvgIpc) is 2.41. The molecule has 2 aromatic rings. The molecule has 0 radical (unpaired) electrons. The van der Waals surface area contributed by atoms with Crippen molar-refractivity contribution >= 4 is 11.8 Å². The van der Waals surface area contributed by atoms with E-state index >= 15 is 0 Å². The Hall–Kier alpha value is -1.32. The molecule has 1 N–H and O–H groups in total. The van der Waals surface area contributed by atoms with E-state index in [2.05, 4.69) is 48.4 Å². The Morgan fingerprint density at radius 3 is 2.56 bits per heavy atom. The maximum absolute atomic E-state index is 4.50. The molecule has 3 heteroatoms. The van der Waals surface area contributed by atoms with E-state index < -0.39 is 0 Å². The van der Waals surface area contributed by atoms with Crippen molar-refractivity contribution in [3.8, 4) is 0 Å². The standard InChI is InChI=1S/C15H18N2S/c1-3-16-12(2)13-9-10-15(17-11-13)18-14-7-5-4-6-8-14/h4-12,16H,3H2,1-2H3. The lowest BCUT2D eigenvalue weighted by atomic mass is 10.1. The van der Waals surface area contributed by atoms with Crippen LogP contribution >= 0.6 is 11.8 Å². The number of aromatic nitrogens is 1. The lowest BCUT2D eigenvalue weighted by Crippen LogP contribution is -2.17. The molecule has 0 amide bonds. The van der Waals surface area contributed by atoms with E-state index in [4.69, 9.17) is 0 Å². The van der Waals surface area contributed by atoms with Crippen LogP contribution in [0.2, 0.25) is 0 Å². The molecule has 0 fully saturated rings. The molecular weight excluding hydrogens is 240 g/mol. The van der Waals surface area contributed by atoms with Crippen molar-refractivity contribution < 1.29 is 0 Å². The smallest absolute Gasteiger partial charge is 0.101 e. The van der Waals surface area contributed by atoms with E-state index in [1.807, 2.05) is 24.4 Å². The third-order valence-corrected chi connectivity index (χ3v) is 3.69. The quantitative estimate of drug-likeness (QED) is 0.880. The normalized spacial score (nSPS) is 12.3. The van der Waals surface area contributed by atoms with Crippen LogP contribution in [0.1, 0.15) is 25.5 Å². The van der Waals surface area contributed by atoms with E-state index in [9.17, 15) is 0 Å². The summed E-state index contributed by atoms with van der Waals surface area (Å²) in [5, 5.41) is 4.42. The molecule has 0 aliphatic carbocycles. The van der Waals surface area contributed by atoms with Crippen LogP contribution in [0.15, 0.2) is 58.6 Å². The third-order valence-electron chi connectivity index (χ3n) is 2.74. The largest absolute Gasteiger partial charge is 0.310 e. The van der Waals surface area contributed by atoms with Crippen molar-refractivity contribution in [1.29, 1.82) is 0 Å². The Balaban J connectivity index is 2.04. The highest BCUT2D eigenvalue weighted by Gasteiger charge is 2.04. The molecule has 0 saturated carbocycles. The molecule has 1 unspecified atom stereocenters. The first kappa shape index (κ1) is 13.1. The van der Waals surface area contributed by atoms with Crippen LogP contribution in [-0.2, 0) is 0 Å². The predicted octanol–water partition coefficient (Wildman–Crippen LogP) is 3.90. The van der Waals surface area contributed by atoms with Crippen LogP contribution < -0.4 is 5.32 Å². The summed E-state index contributed by atoms with van der Waals surface area (Å²) in [6.45, 7) is 5.25. The van der Waals surface area contributed by atoms with Gasteiger partial charge in [0.25, 0.3) is 0 Å². The van der Waals surface area contributed by atoms with Gasteiger partial charge >= 0.3 is 0 Å². The lowest BCUT2D eigenvalue weighted by Gasteiger charge is -2.12. The molecule has 18 heavy (non-hydrogen) atoms. The number of nitrogens with zero attached hydrogens (tertiary/aromatic N) is 1. The fourth-order valence-corrected chi connectivity index (χ4v) is 2.52. The van der Waals surface area contributed by atoms with Crippen molar-refractivity contribution in [1.82, 2.24) is 10.3 Å². The summed E-state index contributed by atoms with van der Waals surface area (Å²) in [5.74, 6) is 0. The highest BCUT2D eigenvalue weighted by Crippen LogP contribution is 2.26. The molecular formula is C15H18N2S. The van der Waals surface area contributed by atoms with E-state index in [0.717, 1.165) is 11.6 Å². The summed E-state index contributed by atoms with van der Waals surface area (Å²) in [6.07, 6.45) is 1.96. The first-order valence-corrected chi connectivity index (χ1v) is 7.03. The molecule has 1 aromatic heterocycles. The fraction of sp³-hybridized carbons (Fsp3) is 0.267. The van der Waals surface area contributed by atoms with Gasteiger partial charge in [0.2, 0.25) is 0 Å². The van der Waals surface area contributed by atoms with Gasteiger partial charge in [-0.3, -0.25) is 0 Å². The molecule has 94 valence electrons. The van der Waals surface area contributed by atoms with Gasteiger partial charge in [0.1, 0.15) is 5.03 Å². The van der Waals surface area contributed by atoms with Gasteiger partial charge in [0, 0.05) is 17.1 Å². The van der Waals surface area contributed by atoms with E-state index in [1.165, 1.54) is 10.5 Å². The number of benzene rings is 1. The van der Waals surface area contributed by atoms with Gasteiger partial charge in [-0.25, -0.2) is 4.98 Å². The van der Waals surface area contributed by atoms with Crippen LogP contribution in [-0.4, -0.2) is 11.5 Å².